The first-order valence-corrected chi connectivity index (χ1v) is 6.85. The van der Waals surface area contributed by atoms with E-state index in [1.54, 1.807) is 19.2 Å². The van der Waals surface area contributed by atoms with Gasteiger partial charge in [-0.25, -0.2) is 12.7 Å². The number of amides is 1. The standard InChI is InChI=1S/C11H14N2O3S/c1-3-6-13-11(14)9-7-8(12-2)4-5-10(9)17(13,15)16/h4-5,7,12H,3,6H2,1-2H3. The SMILES string of the molecule is CCCN1C(=O)c2cc(NC)ccc2S1(=O)=O. The Morgan fingerprint density at radius 2 is 2.06 bits per heavy atom. The molecule has 17 heavy (non-hydrogen) atoms. The molecule has 1 aliphatic rings. The van der Waals surface area contributed by atoms with Crippen LogP contribution in [-0.2, 0) is 10.0 Å². The molecular formula is C11H14N2O3S. The Bertz CT molecular complexity index is 566. The molecule has 0 aromatic heterocycles. The highest BCUT2D eigenvalue weighted by atomic mass is 32.2. The van der Waals surface area contributed by atoms with E-state index in [0.29, 0.717) is 6.42 Å². The molecule has 1 aliphatic heterocycles. The van der Waals surface area contributed by atoms with Crippen molar-refractivity contribution in [2.24, 2.45) is 0 Å². The van der Waals surface area contributed by atoms with Crippen molar-refractivity contribution in [2.75, 3.05) is 18.9 Å². The highest BCUT2D eigenvalue weighted by Gasteiger charge is 2.40. The zero-order valence-electron chi connectivity index (χ0n) is 9.73. The van der Waals surface area contributed by atoms with E-state index in [1.807, 2.05) is 6.92 Å². The predicted octanol–water partition coefficient (Wildman–Crippen LogP) is 1.28. The molecule has 0 unspecified atom stereocenters. The topological polar surface area (TPSA) is 66.5 Å². The molecule has 0 saturated heterocycles. The normalized spacial score (nSPS) is 17.1. The number of hydrogen-bond acceptors (Lipinski definition) is 4. The fourth-order valence-electron chi connectivity index (χ4n) is 1.86. The van der Waals surface area contributed by atoms with Crippen LogP contribution in [0, 0.1) is 0 Å². The molecule has 0 aliphatic carbocycles. The van der Waals surface area contributed by atoms with Crippen molar-refractivity contribution in [3.8, 4) is 0 Å². The maximum Gasteiger partial charge on any atom is 0.269 e. The zero-order chi connectivity index (χ0) is 12.6. The lowest BCUT2D eigenvalue weighted by atomic mass is 10.2. The Hall–Kier alpha value is -1.56. The molecule has 92 valence electrons. The summed E-state index contributed by atoms with van der Waals surface area (Å²) in [5, 5.41) is 2.89. The number of nitrogens with zero attached hydrogens (tertiary/aromatic N) is 1. The van der Waals surface area contributed by atoms with Gasteiger partial charge in [0.05, 0.1) is 5.56 Å². The largest absolute Gasteiger partial charge is 0.388 e. The number of hydrogen-bond donors (Lipinski definition) is 1. The molecule has 6 heteroatoms. The van der Waals surface area contributed by atoms with Gasteiger partial charge in [0, 0.05) is 19.3 Å². The van der Waals surface area contributed by atoms with Crippen LogP contribution in [0.15, 0.2) is 23.1 Å². The van der Waals surface area contributed by atoms with Crippen LogP contribution in [0.2, 0.25) is 0 Å². The van der Waals surface area contributed by atoms with E-state index in [0.717, 1.165) is 9.99 Å². The molecule has 0 bridgehead atoms. The number of sulfonamides is 1. The number of rotatable bonds is 3. The second-order valence-electron chi connectivity index (χ2n) is 3.84. The molecule has 1 N–H and O–H groups in total. The predicted molar refractivity (Wildman–Crippen MR) is 64.5 cm³/mol. The van der Waals surface area contributed by atoms with Crippen molar-refractivity contribution in [1.29, 1.82) is 0 Å². The van der Waals surface area contributed by atoms with E-state index >= 15 is 0 Å². The van der Waals surface area contributed by atoms with E-state index in [9.17, 15) is 13.2 Å². The van der Waals surface area contributed by atoms with Crippen LogP contribution in [0.4, 0.5) is 5.69 Å². The molecule has 0 saturated carbocycles. The summed E-state index contributed by atoms with van der Waals surface area (Å²) in [4.78, 5) is 12.1. The van der Waals surface area contributed by atoms with Gasteiger partial charge >= 0.3 is 0 Å². The van der Waals surface area contributed by atoms with E-state index in [1.165, 1.54) is 6.07 Å². The zero-order valence-corrected chi connectivity index (χ0v) is 10.5. The minimum atomic E-state index is -3.63. The average Bonchev–Trinajstić information content (AvgIpc) is 2.50. The van der Waals surface area contributed by atoms with Crippen LogP contribution in [0.5, 0.6) is 0 Å². The molecule has 1 aromatic carbocycles. The first-order valence-electron chi connectivity index (χ1n) is 5.41. The highest BCUT2D eigenvalue weighted by molar-refractivity contribution is 7.90. The lowest BCUT2D eigenvalue weighted by Crippen LogP contribution is -2.30. The Morgan fingerprint density at radius 1 is 1.35 bits per heavy atom. The maximum absolute atomic E-state index is 12.1. The number of nitrogens with one attached hydrogen (secondary N) is 1. The van der Waals surface area contributed by atoms with Gasteiger partial charge in [0.25, 0.3) is 15.9 Å². The second kappa shape index (κ2) is 4.03. The third-order valence-corrected chi connectivity index (χ3v) is 4.56. The van der Waals surface area contributed by atoms with Gasteiger partial charge in [0.2, 0.25) is 0 Å². The molecule has 1 heterocycles. The van der Waals surface area contributed by atoms with E-state index in [2.05, 4.69) is 5.32 Å². The molecule has 1 amide bonds. The fraction of sp³-hybridized carbons (Fsp3) is 0.364. The van der Waals surface area contributed by atoms with Crippen molar-refractivity contribution >= 4 is 21.6 Å². The van der Waals surface area contributed by atoms with Gasteiger partial charge in [-0.2, -0.15) is 0 Å². The Labute approximate surface area is 100 Å². The first kappa shape index (κ1) is 11.9. The summed E-state index contributed by atoms with van der Waals surface area (Å²) in [6.07, 6.45) is 0.609. The lowest BCUT2D eigenvalue weighted by molar-refractivity contribution is 0.0871. The van der Waals surface area contributed by atoms with E-state index < -0.39 is 15.9 Å². The summed E-state index contributed by atoms with van der Waals surface area (Å²) in [6.45, 7) is 2.07. The summed E-state index contributed by atoms with van der Waals surface area (Å²) in [7, 11) is -1.90. The number of carbonyl (C=O) groups is 1. The summed E-state index contributed by atoms with van der Waals surface area (Å²) >= 11 is 0. The monoisotopic (exact) mass is 254 g/mol. The van der Waals surface area contributed by atoms with Crippen LogP contribution < -0.4 is 5.32 Å². The van der Waals surface area contributed by atoms with Crippen molar-refractivity contribution in [3.63, 3.8) is 0 Å². The van der Waals surface area contributed by atoms with Gasteiger partial charge < -0.3 is 5.32 Å². The summed E-state index contributed by atoms with van der Waals surface area (Å²) in [5.41, 5.74) is 0.982. The lowest BCUT2D eigenvalue weighted by Gasteiger charge is -2.12. The van der Waals surface area contributed by atoms with E-state index in [4.69, 9.17) is 0 Å². The molecular weight excluding hydrogens is 240 g/mol. The van der Waals surface area contributed by atoms with Crippen molar-refractivity contribution < 1.29 is 13.2 Å². The van der Waals surface area contributed by atoms with Crippen molar-refractivity contribution in [3.05, 3.63) is 23.8 Å². The maximum atomic E-state index is 12.1. The van der Waals surface area contributed by atoms with Gasteiger partial charge in [-0.1, -0.05) is 6.92 Å². The van der Waals surface area contributed by atoms with Gasteiger partial charge in [0.1, 0.15) is 4.90 Å². The Kier molecular flexibility index (Phi) is 2.82. The van der Waals surface area contributed by atoms with Crippen LogP contribution in [0.3, 0.4) is 0 Å². The molecule has 5 nitrogen and oxygen atoms in total. The van der Waals surface area contributed by atoms with E-state index in [-0.39, 0.29) is 17.0 Å². The molecule has 0 radical (unpaired) electrons. The number of benzene rings is 1. The summed E-state index contributed by atoms with van der Waals surface area (Å²) < 4.78 is 25.1. The number of fused-ring (bicyclic) bond motifs is 1. The average molecular weight is 254 g/mol. The highest BCUT2D eigenvalue weighted by Crippen LogP contribution is 2.31. The minimum Gasteiger partial charge on any atom is -0.388 e. The van der Waals surface area contributed by atoms with Gasteiger partial charge in [0.15, 0.2) is 0 Å². The molecule has 0 spiro atoms. The van der Waals surface area contributed by atoms with Gasteiger partial charge in [-0.15, -0.1) is 0 Å². The van der Waals surface area contributed by atoms with Gasteiger partial charge in [-0.05, 0) is 24.6 Å². The number of anilines is 1. The molecule has 0 atom stereocenters. The molecule has 1 aromatic rings. The molecule has 2 rings (SSSR count). The van der Waals surface area contributed by atoms with Crippen molar-refractivity contribution in [2.45, 2.75) is 18.2 Å². The minimum absolute atomic E-state index is 0.106. The van der Waals surface area contributed by atoms with Crippen LogP contribution in [0.25, 0.3) is 0 Å². The van der Waals surface area contributed by atoms with Crippen LogP contribution >= 0.6 is 0 Å². The summed E-state index contributed by atoms with van der Waals surface area (Å²) in [6, 6.07) is 4.70. The summed E-state index contributed by atoms with van der Waals surface area (Å²) in [5.74, 6) is -0.432. The second-order valence-corrected chi connectivity index (χ2v) is 5.67. The van der Waals surface area contributed by atoms with Crippen molar-refractivity contribution in [1.82, 2.24) is 4.31 Å². The smallest absolute Gasteiger partial charge is 0.269 e. The third kappa shape index (κ3) is 1.68. The van der Waals surface area contributed by atoms with Crippen LogP contribution in [0.1, 0.15) is 23.7 Å². The Balaban J connectivity index is 2.58. The first-order chi connectivity index (χ1) is 8.02. The van der Waals surface area contributed by atoms with Gasteiger partial charge in [-0.3, -0.25) is 4.79 Å². The third-order valence-electron chi connectivity index (χ3n) is 2.72. The van der Waals surface area contributed by atoms with Crippen LogP contribution in [-0.4, -0.2) is 32.2 Å². The Morgan fingerprint density at radius 3 is 2.65 bits per heavy atom. The quantitative estimate of drug-likeness (QED) is 0.882. The number of carbonyl (C=O) groups excluding carboxylic acids is 1. The molecule has 0 fully saturated rings. The fourth-order valence-corrected chi connectivity index (χ4v) is 3.51.